The van der Waals surface area contributed by atoms with Gasteiger partial charge in [0.05, 0.1) is 6.61 Å². The lowest BCUT2D eigenvalue weighted by Gasteiger charge is -2.16. The number of aliphatic carboxylic acids is 1. The molecule has 0 saturated carbocycles. The molecule has 0 fully saturated rings. The van der Waals surface area contributed by atoms with Crippen molar-refractivity contribution in [2.75, 3.05) is 6.61 Å². The van der Waals surface area contributed by atoms with Crippen molar-refractivity contribution in [3.05, 3.63) is 34.9 Å². The molecule has 0 aliphatic rings. The zero-order chi connectivity index (χ0) is 13.7. The SMILES string of the molecule is Cc1cc(C)cc(C[C@H](OCC(C)C)C(=O)O)c1. The second-order valence-corrected chi connectivity index (χ2v) is 5.25. The third kappa shape index (κ3) is 4.88. The number of carboxylic acids is 1. The van der Waals surface area contributed by atoms with Crippen LogP contribution in [0.5, 0.6) is 0 Å². The Morgan fingerprint density at radius 2 is 1.78 bits per heavy atom. The van der Waals surface area contributed by atoms with Crippen molar-refractivity contribution in [2.45, 2.75) is 40.2 Å². The van der Waals surface area contributed by atoms with Crippen molar-refractivity contribution in [1.82, 2.24) is 0 Å². The van der Waals surface area contributed by atoms with Crippen LogP contribution in [0.2, 0.25) is 0 Å². The van der Waals surface area contributed by atoms with Gasteiger partial charge in [-0.05, 0) is 25.3 Å². The molecule has 3 nitrogen and oxygen atoms in total. The molecule has 1 atom stereocenters. The first kappa shape index (κ1) is 14.7. The quantitative estimate of drug-likeness (QED) is 0.844. The normalized spacial score (nSPS) is 12.7. The molecule has 0 aliphatic carbocycles. The molecule has 0 amide bonds. The van der Waals surface area contributed by atoms with E-state index in [0.717, 1.165) is 16.7 Å². The Balaban J connectivity index is 2.73. The minimum absolute atomic E-state index is 0.339. The van der Waals surface area contributed by atoms with Crippen molar-refractivity contribution in [2.24, 2.45) is 5.92 Å². The fourth-order valence-electron chi connectivity index (χ4n) is 1.93. The second kappa shape index (κ2) is 6.55. The van der Waals surface area contributed by atoms with E-state index in [2.05, 4.69) is 6.07 Å². The van der Waals surface area contributed by atoms with Gasteiger partial charge in [-0.3, -0.25) is 0 Å². The van der Waals surface area contributed by atoms with Crippen LogP contribution in [0.15, 0.2) is 18.2 Å². The lowest BCUT2D eigenvalue weighted by Crippen LogP contribution is -2.28. The predicted octanol–water partition coefficient (Wildman–Crippen LogP) is 2.97. The summed E-state index contributed by atoms with van der Waals surface area (Å²) in [6, 6.07) is 6.11. The van der Waals surface area contributed by atoms with Gasteiger partial charge >= 0.3 is 5.97 Å². The summed E-state index contributed by atoms with van der Waals surface area (Å²) in [6.45, 7) is 8.52. The largest absolute Gasteiger partial charge is 0.479 e. The molecule has 0 saturated heterocycles. The van der Waals surface area contributed by atoms with Gasteiger partial charge in [0.25, 0.3) is 0 Å². The van der Waals surface area contributed by atoms with E-state index in [0.29, 0.717) is 18.9 Å². The van der Waals surface area contributed by atoms with Gasteiger partial charge in [0.15, 0.2) is 6.10 Å². The Kier molecular flexibility index (Phi) is 5.35. The molecule has 0 aliphatic heterocycles. The van der Waals surface area contributed by atoms with E-state index in [-0.39, 0.29) is 0 Å². The van der Waals surface area contributed by atoms with Crippen LogP contribution >= 0.6 is 0 Å². The number of carboxylic acid groups (broad SMARTS) is 1. The topological polar surface area (TPSA) is 46.5 Å². The molecule has 0 aromatic heterocycles. The summed E-state index contributed by atoms with van der Waals surface area (Å²) in [4.78, 5) is 11.2. The molecule has 1 rings (SSSR count). The van der Waals surface area contributed by atoms with Crippen molar-refractivity contribution >= 4 is 5.97 Å². The number of carbonyl (C=O) groups is 1. The van der Waals surface area contributed by atoms with E-state index in [4.69, 9.17) is 9.84 Å². The number of ether oxygens (including phenoxy) is 1. The number of aryl methyl sites for hydroxylation is 2. The molecule has 0 heterocycles. The molecule has 3 heteroatoms. The highest BCUT2D eigenvalue weighted by Gasteiger charge is 2.19. The van der Waals surface area contributed by atoms with E-state index < -0.39 is 12.1 Å². The molecule has 1 aromatic carbocycles. The summed E-state index contributed by atoms with van der Waals surface area (Å²) in [7, 11) is 0. The molecule has 1 aromatic rings. The third-order valence-corrected chi connectivity index (χ3v) is 2.61. The minimum atomic E-state index is -0.894. The number of hydrogen-bond acceptors (Lipinski definition) is 2. The lowest BCUT2D eigenvalue weighted by molar-refractivity contribution is -0.150. The second-order valence-electron chi connectivity index (χ2n) is 5.25. The average Bonchev–Trinajstić information content (AvgIpc) is 2.22. The van der Waals surface area contributed by atoms with Gasteiger partial charge in [0.1, 0.15) is 0 Å². The molecular formula is C15H22O3. The van der Waals surface area contributed by atoms with Crippen molar-refractivity contribution in [3.63, 3.8) is 0 Å². The first-order chi connectivity index (χ1) is 8.38. The highest BCUT2D eigenvalue weighted by Crippen LogP contribution is 2.13. The van der Waals surface area contributed by atoms with E-state index in [1.807, 2.05) is 39.8 Å². The number of benzene rings is 1. The van der Waals surface area contributed by atoms with Gasteiger partial charge in [0, 0.05) is 6.42 Å². The number of rotatable bonds is 6. The Morgan fingerprint density at radius 3 is 2.22 bits per heavy atom. The highest BCUT2D eigenvalue weighted by molar-refractivity contribution is 5.72. The fourth-order valence-corrected chi connectivity index (χ4v) is 1.93. The minimum Gasteiger partial charge on any atom is -0.479 e. The van der Waals surface area contributed by atoms with Gasteiger partial charge in [-0.1, -0.05) is 43.2 Å². The maximum absolute atomic E-state index is 11.2. The molecule has 18 heavy (non-hydrogen) atoms. The first-order valence-electron chi connectivity index (χ1n) is 6.30. The first-order valence-corrected chi connectivity index (χ1v) is 6.30. The zero-order valence-corrected chi connectivity index (χ0v) is 11.6. The summed E-state index contributed by atoms with van der Waals surface area (Å²) in [5.41, 5.74) is 3.32. The average molecular weight is 250 g/mol. The van der Waals surface area contributed by atoms with Crippen LogP contribution in [-0.2, 0) is 16.0 Å². The summed E-state index contributed by atoms with van der Waals surface area (Å²) >= 11 is 0. The molecule has 0 bridgehead atoms. The van der Waals surface area contributed by atoms with Crippen LogP contribution in [0.4, 0.5) is 0 Å². The Labute approximate surface area is 109 Å². The maximum Gasteiger partial charge on any atom is 0.333 e. The predicted molar refractivity (Wildman–Crippen MR) is 71.8 cm³/mol. The van der Waals surface area contributed by atoms with Crippen LogP contribution in [0.3, 0.4) is 0 Å². The Morgan fingerprint density at radius 1 is 1.22 bits per heavy atom. The number of hydrogen-bond donors (Lipinski definition) is 1. The summed E-state index contributed by atoms with van der Waals surface area (Å²) < 4.78 is 5.45. The van der Waals surface area contributed by atoms with Crippen LogP contribution < -0.4 is 0 Å². The molecular weight excluding hydrogens is 228 g/mol. The van der Waals surface area contributed by atoms with Gasteiger partial charge in [-0.2, -0.15) is 0 Å². The summed E-state index contributed by atoms with van der Waals surface area (Å²) in [5, 5.41) is 9.16. The van der Waals surface area contributed by atoms with E-state index in [1.54, 1.807) is 0 Å². The Hall–Kier alpha value is -1.35. The maximum atomic E-state index is 11.2. The van der Waals surface area contributed by atoms with Crippen LogP contribution in [0.1, 0.15) is 30.5 Å². The van der Waals surface area contributed by atoms with Crippen LogP contribution in [-0.4, -0.2) is 23.8 Å². The summed E-state index contributed by atoms with van der Waals surface area (Å²) in [6.07, 6.45) is -0.335. The van der Waals surface area contributed by atoms with Crippen LogP contribution in [0, 0.1) is 19.8 Å². The molecule has 1 N–H and O–H groups in total. The highest BCUT2D eigenvalue weighted by atomic mass is 16.5. The zero-order valence-electron chi connectivity index (χ0n) is 11.6. The molecule has 0 spiro atoms. The van der Waals surface area contributed by atoms with E-state index in [1.165, 1.54) is 0 Å². The van der Waals surface area contributed by atoms with Crippen molar-refractivity contribution in [1.29, 1.82) is 0 Å². The molecule has 0 unspecified atom stereocenters. The fraction of sp³-hybridized carbons (Fsp3) is 0.533. The Bertz CT molecular complexity index is 390. The molecule has 0 radical (unpaired) electrons. The van der Waals surface area contributed by atoms with Crippen molar-refractivity contribution < 1.29 is 14.6 Å². The smallest absolute Gasteiger partial charge is 0.333 e. The van der Waals surface area contributed by atoms with E-state index >= 15 is 0 Å². The monoisotopic (exact) mass is 250 g/mol. The van der Waals surface area contributed by atoms with Gasteiger partial charge in [-0.25, -0.2) is 4.79 Å². The van der Waals surface area contributed by atoms with Gasteiger partial charge < -0.3 is 9.84 Å². The standard InChI is InChI=1S/C15H22O3/c1-10(2)9-18-14(15(16)17)8-13-6-11(3)5-12(4)7-13/h5-7,10,14H,8-9H2,1-4H3,(H,16,17)/t14-/m0/s1. The van der Waals surface area contributed by atoms with Gasteiger partial charge in [-0.15, -0.1) is 0 Å². The van der Waals surface area contributed by atoms with Gasteiger partial charge in [0.2, 0.25) is 0 Å². The summed E-state index contributed by atoms with van der Waals surface area (Å²) in [5.74, 6) is -0.555. The van der Waals surface area contributed by atoms with Crippen LogP contribution in [0.25, 0.3) is 0 Å². The lowest BCUT2D eigenvalue weighted by atomic mass is 10.0. The molecule has 100 valence electrons. The van der Waals surface area contributed by atoms with Crippen molar-refractivity contribution in [3.8, 4) is 0 Å². The third-order valence-electron chi connectivity index (χ3n) is 2.61. The van der Waals surface area contributed by atoms with E-state index in [9.17, 15) is 4.79 Å².